The normalized spacial score (nSPS) is 17.5. The maximum atomic E-state index is 13.4. The Balaban J connectivity index is 1.75. The van der Waals surface area contributed by atoms with Crippen LogP contribution in [0.1, 0.15) is 11.6 Å². The predicted molar refractivity (Wildman–Crippen MR) is 133 cm³/mol. The molecule has 32 heavy (non-hydrogen) atoms. The zero-order valence-electron chi connectivity index (χ0n) is 16.5. The third-order valence-electron chi connectivity index (χ3n) is 5.35. The summed E-state index contributed by atoms with van der Waals surface area (Å²) in [6, 6.07) is 16.9. The molecule has 4 nitrogen and oxygen atoms in total. The Morgan fingerprint density at radius 2 is 1.47 bits per heavy atom. The molecule has 3 aromatic carbocycles. The van der Waals surface area contributed by atoms with E-state index in [0.29, 0.717) is 21.6 Å². The van der Waals surface area contributed by atoms with Gasteiger partial charge in [-0.25, -0.2) is 8.42 Å². The average molecular weight is 551 g/mol. The molecule has 0 aliphatic carbocycles. The minimum absolute atomic E-state index is 0.0142. The van der Waals surface area contributed by atoms with Crippen molar-refractivity contribution in [1.82, 2.24) is 4.31 Å². The Labute approximate surface area is 212 Å². The van der Waals surface area contributed by atoms with Crippen molar-refractivity contribution in [1.29, 1.82) is 0 Å². The lowest BCUT2D eigenvalue weighted by atomic mass is 10.0. The molecule has 1 heterocycles. The highest BCUT2D eigenvalue weighted by Gasteiger charge is 2.37. The molecule has 0 saturated carbocycles. The molecule has 1 aliphatic heterocycles. The van der Waals surface area contributed by atoms with E-state index in [1.807, 2.05) is 18.2 Å². The smallest absolute Gasteiger partial charge is 0.244 e. The van der Waals surface area contributed by atoms with Gasteiger partial charge < -0.3 is 4.90 Å². The van der Waals surface area contributed by atoms with E-state index in [9.17, 15) is 8.42 Å². The van der Waals surface area contributed by atoms with Crippen LogP contribution in [-0.2, 0) is 10.0 Å². The largest absolute Gasteiger partial charge is 0.361 e. The van der Waals surface area contributed by atoms with Crippen LogP contribution in [0, 0.1) is 0 Å². The first-order valence-electron chi connectivity index (χ1n) is 9.60. The van der Waals surface area contributed by atoms with E-state index in [1.54, 1.807) is 36.4 Å². The minimum Gasteiger partial charge on any atom is -0.361 e. The Morgan fingerprint density at radius 3 is 2.16 bits per heavy atom. The summed E-state index contributed by atoms with van der Waals surface area (Å²) in [5.74, 6) is 0. The topological polar surface area (TPSA) is 40.6 Å². The number of nitrogens with zero attached hydrogens (tertiary/aromatic N) is 2. The van der Waals surface area contributed by atoms with E-state index < -0.39 is 10.0 Å². The second-order valence-electron chi connectivity index (χ2n) is 7.27. The zero-order valence-corrected chi connectivity index (χ0v) is 21.1. The van der Waals surface area contributed by atoms with Crippen molar-refractivity contribution in [3.8, 4) is 0 Å². The van der Waals surface area contributed by atoms with Crippen LogP contribution in [0.5, 0.6) is 0 Å². The number of benzene rings is 3. The van der Waals surface area contributed by atoms with Gasteiger partial charge in [0.2, 0.25) is 10.0 Å². The molecule has 168 valence electrons. The number of hydrogen-bond donors (Lipinski definition) is 0. The van der Waals surface area contributed by atoms with E-state index in [2.05, 4.69) is 4.90 Å². The Hall–Kier alpha value is -1.18. The summed E-state index contributed by atoms with van der Waals surface area (Å²) in [7, 11) is -3.88. The van der Waals surface area contributed by atoms with Gasteiger partial charge in [0.1, 0.15) is 4.90 Å². The number of hydrogen-bond acceptors (Lipinski definition) is 3. The van der Waals surface area contributed by atoms with Crippen LogP contribution < -0.4 is 4.90 Å². The summed E-state index contributed by atoms with van der Waals surface area (Å²) in [6.07, 6.45) is 0. The maximum absolute atomic E-state index is 13.4. The van der Waals surface area contributed by atoms with Crippen molar-refractivity contribution in [2.45, 2.75) is 10.9 Å². The number of anilines is 1. The molecule has 10 heteroatoms. The molecular weight excluding hydrogens is 534 g/mol. The lowest BCUT2D eigenvalue weighted by molar-refractivity contribution is 0.335. The van der Waals surface area contributed by atoms with Crippen LogP contribution in [0.2, 0.25) is 25.1 Å². The monoisotopic (exact) mass is 548 g/mol. The first-order chi connectivity index (χ1) is 15.2. The van der Waals surface area contributed by atoms with Gasteiger partial charge in [-0.15, -0.1) is 0 Å². The number of halogens is 5. The van der Waals surface area contributed by atoms with E-state index in [4.69, 9.17) is 58.0 Å². The first-order valence-corrected chi connectivity index (χ1v) is 12.9. The second-order valence-corrected chi connectivity index (χ2v) is 11.2. The molecule has 1 aliphatic rings. The zero-order chi connectivity index (χ0) is 23.0. The standard InChI is InChI=1S/C22H17Cl5N2O2S/c23-15-6-4-14(5-7-15)20-13-28(32(30,31)21-3-1-2-17(25)22(21)27)10-11-29(20)19-9-8-16(24)12-18(19)26/h1-9,12,20H,10-11,13H2. The van der Waals surface area contributed by atoms with E-state index in [0.717, 1.165) is 11.3 Å². The summed E-state index contributed by atoms with van der Waals surface area (Å²) in [5.41, 5.74) is 1.67. The average Bonchev–Trinajstić information content (AvgIpc) is 2.76. The van der Waals surface area contributed by atoms with E-state index in [-0.39, 0.29) is 34.1 Å². The van der Waals surface area contributed by atoms with Gasteiger partial charge in [-0.05, 0) is 48.0 Å². The molecule has 1 atom stereocenters. The molecule has 3 aromatic rings. The summed E-state index contributed by atoms with van der Waals surface area (Å²) >= 11 is 30.9. The Kier molecular flexibility index (Phi) is 7.18. The molecule has 0 aromatic heterocycles. The highest BCUT2D eigenvalue weighted by Crippen LogP contribution is 2.39. The maximum Gasteiger partial charge on any atom is 0.244 e. The molecule has 0 bridgehead atoms. The van der Waals surface area contributed by atoms with Crippen LogP contribution in [0.15, 0.2) is 65.6 Å². The second kappa shape index (κ2) is 9.59. The van der Waals surface area contributed by atoms with Crippen molar-refractivity contribution in [3.05, 3.63) is 91.3 Å². The van der Waals surface area contributed by atoms with Gasteiger partial charge in [-0.3, -0.25) is 0 Å². The third kappa shape index (κ3) is 4.71. The van der Waals surface area contributed by atoms with Gasteiger partial charge in [0.05, 0.1) is 26.8 Å². The summed E-state index contributed by atoms with van der Waals surface area (Å²) in [4.78, 5) is 2.06. The lowest BCUT2D eigenvalue weighted by Gasteiger charge is -2.42. The van der Waals surface area contributed by atoms with Crippen LogP contribution in [0.3, 0.4) is 0 Å². The van der Waals surface area contributed by atoms with Crippen molar-refractivity contribution < 1.29 is 8.42 Å². The summed E-state index contributed by atoms with van der Waals surface area (Å²) in [5, 5.41) is 1.81. The lowest BCUT2D eigenvalue weighted by Crippen LogP contribution is -2.50. The summed E-state index contributed by atoms with van der Waals surface area (Å²) in [6.45, 7) is 0.839. The third-order valence-corrected chi connectivity index (χ3v) is 8.98. The van der Waals surface area contributed by atoms with Crippen LogP contribution >= 0.6 is 58.0 Å². The predicted octanol–water partition coefficient (Wildman–Crippen LogP) is 7.21. The van der Waals surface area contributed by atoms with Gasteiger partial charge in [0.15, 0.2) is 0 Å². The highest BCUT2D eigenvalue weighted by molar-refractivity contribution is 7.89. The molecule has 1 unspecified atom stereocenters. The number of sulfonamides is 1. The SMILES string of the molecule is O=S(=O)(c1cccc(Cl)c1Cl)N1CCN(c2ccc(Cl)cc2Cl)C(c2ccc(Cl)cc2)C1. The van der Waals surface area contributed by atoms with Crippen LogP contribution in [-0.4, -0.2) is 32.4 Å². The fraction of sp³-hybridized carbons (Fsp3) is 0.182. The van der Waals surface area contributed by atoms with Gasteiger partial charge in [0.25, 0.3) is 0 Å². The van der Waals surface area contributed by atoms with Gasteiger partial charge in [0, 0.05) is 29.7 Å². The van der Waals surface area contributed by atoms with Crippen molar-refractivity contribution in [2.24, 2.45) is 0 Å². The molecule has 0 spiro atoms. The molecule has 1 fully saturated rings. The quantitative estimate of drug-likeness (QED) is 0.345. The first kappa shape index (κ1) is 24.0. The fourth-order valence-corrected chi connectivity index (χ4v) is 6.59. The summed E-state index contributed by atoms with van der Waals surface area (Å²) < 4.78 is 28.3. The number of rotatable bonds is 4. The fourth-order valence-electron chi connectivity index (χ4n) is 3.77. The van der Waals surface area contributed by atoms with Crippen molar-refractivity contribution in [2.75, 3.05) is 24.5 Å². The van der Waals surface area contributed by atoms with Crippen molar-refractivity contribution >= 4 is 73.7 Å². The van der Waals surface area contributed by atoms with Gasteiger partial charge in [-0.1, -0.05) is 76.2 Å². The van der Waals surface area contributed by atoms with Crippen LogP contribution in [0.25, 0.3) is 0 Å². The molecule has 0 radical (unpaired) electrons. The number of piperazine rings is 1. The van der Waals surface area contributed by atoms with Crippen LogP contribution in [0.4, 0.5) is 5.69 Å². The van der Waals surface area contributed by atoms with E-state index in [1.165, 1.54) is 10.4 Å². The van der Waals surface area contributed by atoms with E-state index >= 15 is 0 Å². The van der Waals surface area contributed by atoms with Gasteiger partial charge >= 0.3 is 0 Å². The molecule has 4 rings (SSSR count). The Bertz CT molecular complexity index is 1250. The molecular formula is C22H17Cl5N2O2S. The Morgan fingerprint density at radius 1 is 0.781 bits per heavy atom. The highest BCUT2D eigenvalue weighted by atomic mass is 35.5. The molecule has 0 N–H and O–H groups in total. The molecule has 0 amide bonds. The molecule has 1 saturated heterocycles. The van der Waals surface area contributed by atoms with Gasteiger partial charge in [-0.2, -0.15) is 4.31 Å². The van der Waals surface area contributed by atoms with Crippen molar-refractivity contribution in [3.63, 3.8) is 0 Å². The minimum atomic E-state index is -3.88.